The van der Waals surface area contributed by atoms with Gasteiger partial charge in [-0.05, 0) is 107 Å². The normalized spacial score (nSPS) is 25.7. The van der Waals surface area contributed by atoms with E-state index in [1.165, 1.54) is 11.3 Å². The van der Waals surface area contributed by atoms with E-state index in [1.807, 2.05) is 54.8 Å². The lowest BCUT2D eigenvalue weighted by atomic mass is 9.90. The average molecular weight is 922 g/mol. The first-order valence-electron chi connectivity index (χ1n) is 21.6. The van der Waals surface area contributed by atoms with Crippen LogP contribution < -0.4 is 14.2 Å². The van der Waals surface area contributed by atoms with Crippen molar-refractivity contribution in [3.63, 3.8) is 0 Å². The topological polar surface area (TPSA) is 145 Å². The molecule has 2 aliphatic heterocycles. The highest BCUT2D eigenvalue weighted by molar-refractivity contribution is 7.91. The molecule has 11 nitrogen and oxygen atoms in total. The minimum atomic E-state index is -3.95. The van der Waals surface area contributed by atoms with Crippen LogP contribution >= 0.6 is 34.5 Å². The Balaban J connectivity index is 1.16. The highest BCUT2D eigenvalue weighted by Gasteiger charge is 2.62. The number of methoxy groups -OCH3 is 1. The van der Waals surface area contributed by atoms with Crippen molar-refractivity contribution in [3.05, 3.63) is 80.8 Å². The SMILES string of the molecule is COc1ccc2c(O[C@@H]3C[C@H]4C(=O)C[C@]5(C(=O)NS(=O)(=O)C6(C)CC6)C[C@H]5/C=C\CCCCC[C@H](Cc5cc(Cl)cc(Cl)c5)C(=O)N4C3)cc(-c3nc(C(C)C)cs3)nc2c1C. The van der Waals surface area contributed by atoms with Gasteiger partial charge in [0.1, 0.15) is 28.3 Å². The van der Waals surface area contributed by atoms with E-state index in [2.05, 4.69) is 18.6 Å². The molecule has 1 N–H and O–H groups in total. The van der Waals surface area contributed by atoms with Gasteiger partial charge in [0.2, 0.25) is 21.8 Å². The zero-order valence-corrected chi connectivity index (χ0v) is 39.0. The van der Waals surface area contributed by atoms with Crippen LogP contribution in [0.15, 0.2) is 53.9 Å². The predicted octanol–water partition coefficient (Wildman–Crippen LogP) is 9.80. The number of benzene rings is 2. The van der Waals surface area contributed by atoms with Gasteiger partial charge in [-0.2, -0.15) is 0 Å². The third-order valence-electron chi connectivity index (χ3n) is 13.4. The summed E-state index contributed by atoms with van der Waals surface area (Å²) in [7, 11) is -2.33. The van der Waals surface area contributed by atoms with E-state index in [0.29, 0.717) is 64.9 Å². The van der Waals surface area contributed by atoms with Crippen molar-refractivity contribution >= 4 is 73.1 Å². The third-order valence-corrected chi connectivity index (χ3v) is 16.8. The Morgan fingerprint density at radius 2 is 1.81 bits per heavy atom. The second-order valence-corrected chi connectivity index (χ2v) is 22.2. The minimum absolute atomic E-state index is 0.125. The molecule has 62 heavy (non-hydrogen) atoms. The van der Waals surface area contributed by atoms with Gasteiger partial charge in [-0.3, -0.25) is 19.1 Å². The van der Waals surface area contributed by atoms with Crippen LogP contribution in [0.4, 0.5) is 0 Å². The quantitative estimate of drug-likeness (QED) is 0.154. The summed E-state index contributed by atoms with van der Waals surface area (Å²) in [6, 6.07) is 10.0. The number of pyridine rings is 1. The van der Waals surface area contributed by atoms with Crippen molar-refractivity contribution < 1.29 is 32.3 Å². The third kappa shape index (κ3) is 9.01. The second kappa shape index (κ2) is 17.5. The molecule has 4 aliphatic rings. The van der Waals surface area contributed by atoms with Gasteiger partial charge in [0.25, 0.3) is 0 Å². The van der Waals surface area contributed by atoms with Crippen LogP contribution in [0.3, 0.4) is 0 Å². The number of sulfonamides is 1. The lowest BCUT2D eigenvalue weighted by molar-refractivity contribution is -0.142. The number of ether oxygens (including phenoxy) is 2. The van der Waals surface area contributed by atoms with Gasteiger partial charge in [0, 0.05) is 51.2 Å². The lowest BCUT2D eigenvalue weighted by Gasteiger charge is -2.29. The largest absolute Gasteiger partial charge is 0.496 e. The summed E-state index contributed by atoms with van der Waals surface area (Å²) in [4.78, 5) is 55.7. The number of hydrogen-bond donors (Lipinski definition) is 1. The van der Waals surface area contributed by atoms with E-state index in [0.717, 1.165) is 52.9 Å². The monoisotopic (exact) mass is 920 g/mol. The summed E-state index contributed by atoms with van der Waals surface area (Å²) < 4.78 is 40.7. The molecule has 0 radical (unpaired) electrons. The molecule has 1 saturated heterocycles. The maximum Gasteiger partial charge on any atom is 0.240 e. The molecule has 5 atom stereocenters. The molecule has 2 aromatic heterocycles. The summed E-state index contributed by atoms with van der Waals surface area (Å²) in [5, 5.41) is 4.47. The average Bonchev–Trinajstić information content (AvgIpc) is 3.99. The van der Waals surface area contributed by atoms with Crippen molar-refractivity contribution in [3.8, 4) is 22.2 Å². The Bertz CT molecular complexity index is 2540. The molecular formula is C47H54Cl2N4O7S2. The van der Waals surface area contributed by atoms with Crippen LogP contribution in [0, 0.1) is 24.2 Å². The van der Waals surface area contributed by atoms with Crippen molar-refractivity contribution in [1.82, 2.24) is 19.6 Å². The summed E-state index contributed by atoms with van der Waals surface area (Å²) >= 11 is 14.4. The van der Waals surface area contributed by atoms with E-state index < -0.39 is 44.2 Å². The number of hydrogen-bond acceptors (Lipinski definition) is 10. The molecule has 4 heterocycles. The van der Waals surface area contributed by atoms with Gasteiger partial charge in [0.15, 0.2) is 5.78 Å². The Morgan fingerprint density at radius 3 is 2.50 bits per heavy atom. The number of carbonyl (C=O) groups is 3. The number of nitrogens with zero attached hydrogens (tertiary/aromatic N) is 3. The van der Waals surface area contributed by atoms with Crippen molar-refractivity contribution in [1.29, 1.82) is 0 Å². The maximum atomic E-state index is 15.1. The highest BCUT2D eigenvalue weighted by Crippen LogP contribution is 2.58. The number of allylic oxidation sites excluding steroid dienone is 2. The number of thiazole rings is 1. The van der Waals surface area contributed by atoms with Gasteiger partial charge in [-0.25, -0.2) is 18.4 Å². The Kier molecular flexibility index (Phi) is 12.6. The van der Waals surface area contributed by atoms with Crippen molar-refractivity contribution in [2.24, 2.45) is 17.3 Å². The summed E-state index contributed by atoms with van der Waals surface area (Å²) in [5.74, 6) is -0.476. The van der Waals surface area contributed by atoms with E-state index in [1.54, 1.807) is 25.0 Å². The molecule has 2 saturated carbocycles. The number of amides is 2. The first kappa shape index (κ1) is 44.6. The number of ketones is 1. The molecule has 0 spiro atoms. The summed E-state index contributed by atoms with van der Waals surface area (Å²) in [5.41, 5.74) is 2.70. The molecule has 330 valence electrons. The standard InChI is InChI=1S/C47H54Cl2N4O7S2/c1-27(2)37-26-61-43(51-37)36-22-41(35-13-14-40(59-5)28(3)42(35)50-36)60-34-21-38-39(54)24-47(45(56)52-62(57,58)46(4)15-16-46)23-31(47)12-10-8-6-7-9-11-30(44(55)53(38)25-34)17-29-18-32(48)20-33(49)19-29/h10,12-14,18-20,22,26-27,30-31,34,38H,6-9,11,15-17,21,23-25H2,1-5H3,(H,52,56)/b12-10-/t30-,31-,34-,38+,47-/m1/s1. The number of aromatic nitrogens is 2. The molecule has 2 aromatic carbocycles. The fourth-order valence-corrected chi connectivity index (χ4v) is 11.9. The lowest BCUT2D eigenvalue weighted by Crippen LogP contribution is -2.47. The van der Waals surface area contributed by atoms with Gasteiger partial charge in [-0.1, -0.05) is 62.0 Å². The number of fused-ring (bicyclic) bond motifs is 3. The van der Waals surface area contributed by atoms with Gasteiger partial charge >= 0.3 is 0 Å². The minimum Gasteiger partial charge on any atom is -0.496 e. The van der Waals surface area contributed by atoms with Crippen LogP contribution in [-0.2, 0) is 30.8 Å². The van der Waals surface area contributed by atoms with E-state index in [9.17, 15) is 18.0 Å². The van der Waals surface area contributed by atoms with E-state index >= 15 is 4.79 Å². The number of nitrogens with one attached hydrogen (secondary N) is 1. The number of Topliss-reactive ketones (excluding diaryl/α,β-unsaturated/α-hetero) is 1. The van der Waals surface area contributed by atoms with Crippen molar-refractivity contribution in [2.45, 2.75) is 121 Å². The van der Waals surface area contributed by atoms with Crippen LogP contribution in [0.25, 0.3) is 21.6 Å². The number of carbonyl (C=O) groups excluding carboxylic acids is 3. The van der Waals surface area contributed by atoms with Gasteiger partial charge in [0.05, 0.1) is 41.1 Å². The Hall–Kier alpha value is -4.04. The molecular weight excluding hydrogens is 868 g/mol. The molecule has 3 fully saturated rings. The molecule has 8 rings (SSSR count). The maximum absolute atomic E-state index is 15.1. The van der Waals surface area contributed by atoms with Gasteiger partial charge in [-0.15, -0.1) is 11.3 Å². The molecule has 0 bridgehead atoms. The predicted molar refractivity (Wildman–Crippen MR) is 244 cm³/mol. The Morgan fingerprint density at radius 1 is 1.05 bits per heavy atom. The number of aryl methyl sites for hydroxylation is 1. The van der Waals surface area contributed by atoms with Gasteiger partial charge < -0.3 is 14.4 Å². The first-order chi connectivity index (χ1) is 29.5. The zero-order chi connectivity index (χ0) is 44.1. The van der Waals surface area contributed by atoms with Crippen LogP contribution in [0.5, 0.6) is 11.5 Å². The fourth-order valence-electron chi connectivity index (χ4n) is 9.09. The smallest absolute Gasteiger partial charge is 0.240 e. The summed E-state index contributed by atoms with van der Waals surface area (Å²) in [6.45, 7) is 7.89. The highest BCUT2D eigenvalue weighted by atomic mass is 35.5. The molecule has 4 aromatic rings. The number of halogens is 2. The zero-order valence-electron chi connectivity index (χ0n) is 35.8. The molecule has 2 aliphatic carbocycles. The summed E-state index contributed by atoms with van der Waals surface area (Å²) in [6.07, 6.45) is 8.96. The second-order valence-electron chi connectivity index (χ2n) is 18.2. The van der Waals surface area contributed by atoms with E-state index in [-0.39, 0.29) is 42.9 Å². The van der Waals surface area contributed by atoms with E-state index in [4.69, 9.17) is 42.6 Å². The van der Waals surface area contributed by atoms with Crippen LogP contribution in [0.2, 0.25) is 10.0 Å². The molecule has 15 heteroatoms. The fraction of sp³-hybridized carbons (Fsp3) is 0.511. The van der Waals surface area contributed by atoms with Crippen molar-refractivity contribution in [2.75, 3.05) is 13.7 Å². The molecule has 2 amide bonds. The molecule has 0 unspecified atom stereocenters. The first-order valence-corrected chi connectivity index (χ1v) is 24.7. The number of rotatable bonds is 10. The van der Waals surface area contributed by atoms with Crippen LogP contribution in [0.1, 0.15) is 108 Å². The Labute approximate surface area is 378 Å². The van der Waals surface area contributed by atoms with Crippen LogP contribution in [-0.4, -0.2) is 71.4 Å².